The van der Waals surface area contributed by atoms with E-state index in [1.807, 2.05) is 0 Å². The van der Waals surface area contributed by atoms with Crippen molar-refractivity contribution >= 4 is 17.5 Å². The Morgan fingerprint density at radius 1 is 1.44 bits per heavy atom. The highest BCUT2D eigenvalue weighted by Gasteiger charge is 2.26. The van der Waals surface area contributed by atoms with Crippen LogP contribution in [0.4, 0.5) is 25.0 Å². The minimum atomic E-state index is -4.03. The van der Waals surface area contributed by atoms with Crippen LogP contribution >= 0.6 is 0 Å². The second kappa shape index (κ2) is 4.75. The SMILES string of the molecule is Nc1ccc(NC(=O)OCC(O)(F)F)cc1. The maximum Gasteiger partial charge on any atom is 0.411 e. The molecule has 5 nitrogen and oxygen atoms in total. The van der Waals surface area contributed by atoms with E-state index in [1.54, 1.807) is 0 Å². The normalized spacial score (nSPS) is 10.9. The lowest BCUT2D eigenvalue weighted by atomic mass is 10.3. The number of benzene rings is 1. The monoisotopic (exact) mass is 232 g/mol. The number of carbonyl (C=O) groups is 1. The molecular formula is C9H10F2N2O3. The average molecular weight is 232 g/mol. The van der Waals surface area contributed by atoms with Crippen molar-refractivity contribution in [1.29, 1.82) is 0 Å². The van der Waals surface area contributed by atoms with Gasteiger partial charge in [0.15, 0.2) is 6.61 Å². The van der Waals surface area contributed by atoms with Crippen LogP contribution in [0.5, 0.6) is 0 Å². The summed E-state index contributed by atoms with van der Waals surface area (Å²) in [6.07, 6.45) is -5.11. The minimum Gasteiger partial charge on any atom is -0.440 e. The first-order valence-electron chi connectivity index (χ1n) is 4.26. The Bertz CT molecular complexity index is 362. The number of alkyl halides is 2. The van der Waals surface area contributed by atoms with Gasteiger partial charge in [-0.15, -0.1) is 0 Å². The van der Waals surface area contributed by atoms with E-state index in [9.17, 15) is 13.6 Å². The molecule has 88 valence electrons. The van der Waals surface area contributed by atoms with Crippen LogP contribution in [0, 0.1) is 0 Å². The highest BCUT2D eigenvalue weighted by molar-refractivity contribution is 5.84. The summed E-state index contributed by atoms with van der Waals surface area (Å²) in [5.74, 6) is 0. The van der Waals surface area contributed by atoms with Gasteiger partial charge in [-0.25, -0.2) is 4.79 Å². The van der Waals surface area contributed by atoms with Gasteiger partial charge >= 0.3 is 12.2 Å². The summed E-state index contributed by atoms with van der Waals surface area (Å²) in [6, 6.07) is 6.01. The summed E-state index contributed by atoms with van der Waals surface area (Å²) < 4.78 is 27.9. The van der Waals surface area contributed by atoms with E-state index < -0.39 is 18.8 Å². The van der Waals surface area contributed by atoms with Gasteiger partial charge in [0.25, 0.3) is 0 Å². The van der Waals surface area contributed by atoms with Crippen molar-refractivity contribution in [3.05, 3.63) is 24.3 Å². The van der Waals surface area contributed by atoms with Crippen molar-refractivity contribution in [3.8, 4) is 0 Å². The number of amides is 1. The Morgan fingerprint density at radius 3 is 2.50 bits per heavy atom. The maximum atomic E-state index is 11.9. The van der Waals surface area contributed by atoms with Crippen LogP contribution in [0.1, 0.15) is 0 Å². The molecule has 0 aromatic heterocycles. The van der Waals surface area contributed by atoms with Gasteiger partial charge in [0.2, 0.25) is 0 Å². The second-order valence-corrected chi connectivity index (χ2v) is 2.99. The van der Waals surface area contributed by atoms with E-state index in [0.29, 0.717) is 11.4 Å². The standard InChI is InChI=1S/C9H10F2N2O3/c10-9(11,15)5-16-8(14)13-7-3-1-6(12)2-4-7/h1-4,15H,5,12H2,(H,13,14). The van der Waals surface area contributed by atoms with E-state index in [1.165, 1.54) is 24.3 Å². The summed E-state index contributed by atoms with van der Waals surface area (Å²) >= 11 is 0. The second-order valence-electron chi connectivity index (χ2n) is 2.99. The van der Waals surface area contributed by atoms with Crippen molar-refractivity contribution < 1.29 is 23.4 Å². The van der Waals surface area contributed by atoms with Gasteiger partial charge in [-0.1, -0.05) is 0 Å². The van der Waals surface area contributed by atoms with E-state index in [2.05, 4.69) is 10.1 Å². The molecule has 0 saturated carbocycles. The van der Waals surface area contributed by atoms with Gasteiger partial charge in [0, 0.05) is 11.4 Å². The van der Waals surface area contributed by atoms with Gasteiger partial charge in [-0.3, -0.25) is 5.32 Å². The number of anilines is 2. The van der Waals surface area contributed by atoms with Crippen molar-refractivity contribution in [2.45, 2.75) is 6.11 Å². The number of hydrogen-bond acceptors (Lipinski definition) is 4. The lowest BCUT2D eigenvalue weighted by Crippen LogP contribution is -2.26. The van der Waals surface area contributed by atoms with Gasteiger partial charge in [-0.05, 0) is 24.3 Å². The number of nitrogens with one attached hydrogen (secondary N) is 1. The molecule has 7 heteroatoms. The highest BCUT2D eigenvalue weighted by atomic mass is 19.3. The van der Waals surface area contributed by atoms with Crippen LogP contribution in [-0.4, -0.2) is 23.9 Å². The van der Waals surface area contributed by atoms with Crippen LogP contribution in [0.3, 0.4) is 0 Å². The topological polar surface area (TPSA) is 84.6 Å². The first kappa shape index (κ1) is 12.2. The van der Waals surface area contributed by atoms with Gasteiger partial charge in [-0.2, -0.15) is 8.78 Å². The molecule has 1 aromatic rings. The van der Waals surface area contributed by atoms with Crippen LogP contribution in [0.25, 0.3) is 0 Å². The molecule has 1 rings (SSSR count). The molecule has 16 heavy (non-hydrogen) atoms. The highest BCUT2D eigenvalue weighted by Crippen LogP contribution is 2.12. The number of aliphatic hydroxyl groups is 1. The Labute approximate surface area is 89.8 Å². The number of rotatable bonds is 3. The number of ether oxygens (including phenoxy) is 1. The molecule has 0 spiro atoms. The third-order valence-electron chi connectivity index (χ3n) is 1.53. The van der Waals surface area contributed by atoms with Crippen LogP contribution in [-0.2, 0) is 4.74 Å². The average Bonchev–Trinajstić information content (AvgIpc) is 2.18. The third kappa shape index (κ3) is 4.56. The molecule has 0 unspecified atom stereocenters. The summed E-state index contributed by atoms with van der Waals surface area (Å²) in [6.45, 7) is -1.40. The number of nitrogen functional groups attached to an aromatic ring is 1. The number of hydrogen-bond donors (Lipinski definition) is 3. The number of halogens is 2. The largest absolute Gasteiger partial charge is 0.440 e. The molecule has 0 bridgehead atoms. The van der Waals surface area contributed by atoms with Crippen LogP contribution < -0.4 is 11.1 Å². The van der Waals surface area contributed by atoms with E-state index in [4.69, 9.17) is 10.8 Å². The van der Waals surface area contributed by atoms with Crippen molar-refractivity contribution in [2.24, 2.45) is 0 Å². The first-order chi connectivity index (χ1) is 7.37. The Hall–Kier alpha value is -1.89. The predicted molar refractivity (Wildman–Crippen MR) is 53.0 cm³/mol. The molecule has 4 N–H and O–H groups in total. The molecular weight excluding hydrogens is 222 g/mol. The summed E-state index contributed by atoms with van der Waals surface area (Å²) in [5, 5.41) is 10.2. The van der Waals surface area contributed by atoms with Crippen molar-refractivity contribution in [1.82, 2.24) is 0 Å². The molecule has 0 aliphatic heterocycles. The Kier molecular flexibility index (Phi) is 3.62. The van der Waals surface area contributed by atoms with E-state index in [-0.39, 0.29) is 0 Å². The summed E-state index contributed by atoms with van der Waals surface area (Å²) in [7, 11) is 0. The fraction of sp³-hybridized carbons (Fsp3) is 0.222. The van der Waals surface area contributed by atoms with E-state index >= 15 is 0 Å². The van der Waals surface area contributed by atoms with Crippen LogP contribution in [0.15, 0.2) is 24.3 Å². The van der Waals surface area contributed by atoms with Gasteiger partial charge in [0.1, 0.15) is 0 Å². The van der Waals surface area contributed by atoms with Gasteiger partial charge in [0.05, 0.1) is 0 Å². The quantitative estimate of drug-likeness (QED) is 0.688. The third-order valence-corrected chi connectivity index (χ3v) is 1.53. The molecule has 0 aliphatic carbocycles. The van der Waals surface area contributed by atoms with E-state index in [0.717, 1.165) is 0 Å². The smallest absolute Gasteiger partial charge is 0.411 e. The molecule has 0 radical (unpaired) electrons. The molecule has 0 atom stereocenters. The zero-order valence-corrected chi connectivity index (χ0v) is 8.11. The van der Waals surface area contributed by atoms with Crippen molar-refractivity contribution in [2.75, 3.05) is 17.7 Å². The minimum absolute atomic E-state index is 0.348. The molecule has 1 amide bonds. The predicted octanol–water partition coefficient (Wildman–Crippen LogP) is 1.40. The van der Waals surface area contributed by atoms with Crippen molar-refractivity contribution in [3.63, 3.8) is 0 Å². The lowest BCUT2D eigenvalue weighted by molar-refractivity contribution is -0.220. The zero-order chi connectivity index (χ0) is 12.2. The first-order valence-corrected chi connectivity index (χ1v) is 4.26. The molecule has 1 aromatic carbocycles. The molecule has 0 saturated heterocycles. The van der Waals surface area contributed by atoms with Gasteiger partial charge < -0.3 is 15.6 Å². The maximum absolute atomic E-state index is 11.9. The Morgan fingerprint density at radius 2 is 2.00 bits per heavy atom. The fourth-order valence-corrected chi connectivity index (χ4v) is 0.873. The lowest BCUT2D eigenvalue weighted by Gasteiger charge is -2.10. The number of carbonyl (C=O) groups excluding carboxylic acids is 1. The fourth-order valence-electron chi connectivity index (χ4n) is 0.873. The molecule has 0 aliphatic rings. The molecule has 0 fully saturated rings. The zero-order valence-electron chi connectivity index (χ0n) is 8.11. The number of nitrogens with two attached hydrogens (primary N) is 1. The Balaban J connectivity index is 2.43. The summed E-state index contributed by atoms with van der Waals surface area (Å²) in [5.41, 5.74) is 6.25. The molecule has 0 heterocycles. The van der Waals surface area contributed by atoms with Crippen LogP contribution in [0.2, 0.25) is 0 Å². The summed E-state index contributed by atoms with van der Waals surface area (Å²) in [4.78, 5) is 10.9.